The summed E-state index contributed by atoms with van der Waals surface area (Å²) in [6.07, 6.45) is 2.95. The van der Waals surface area contributed by atoms with Crippen LogP contribution in [0.1, 0.15) is 5.69 Å². The summed E-state index contributed by atoms with van der Waals surface area (Å²) in [6, 6.07) is 10.5. The van der Waals surface area contributed by atoms with E-state index in [0.717, 1.165) is 10.8 Å². The Kier molecular flexibility index (Phi) is 2.78. The van der Waals surface area contributed by atoms with E-state index in [1.54, 1.807) is 0 Å². The molecule has 0 bridgehead atoms. The van der Waals surface area contributed by atoms with Gasteiger partial charge in [0, 0.05) is 21.7 Å². The Labute approximate surface area is 91.3 Å². The van der Waals surface area contributed by atoms with Crippen molar-refractivity contribution in [3.05, 3.63) is 42.2 Å². The molecule has 1 heterocycles. The van der Waals surface area contributed by atoms with E-state index >= 15 is 0 Å². The summed E-state index contributed by atoms with van der Waals surface area (Å²) in [4.78, 5) is 4.39. The third-order valence-electron chi connectivity index (χ3n) is 2.09. The van der Waals surface area contributed by atoms with Gasteiger partial charge in [-0.2, -0.15) is 0 Å². The molecule has 2 rings (SSSR count). The molecule has 13 heavy (non-hydrogen) atoms. The van der Waals surface area contributed by atoms with Crippen LogP contribution < -0.4 is 0 Å². The van der Waals surface area contributed by atoms with Crippen LogP contribution in [0.5, 0.6) is 0 Å². The molecule has 0 aliphatic rings. The molecule has 0 atom stereocenters. The standard InChI is InChI=1S/C11H10IN/c12-7-5-11-10-4-2-1-3-9(10)6-8-13-11/h1-4,6,8H,5,7H2. The largest absolute Gasteiger partial charge is 0.261 e. The summed E-state index contributed by atoms with van der Waals surface area (Å²) in [6.45, 7) is 0. The average molecular weight is 283 g/mol. The Bertz CT molecular complexity index is 406. The lowest BCUT2D eigenvalue weighted by molar-refractivity contribution is 1.08. The van der Waals surface area contributed by atoms with E-state index in [9.17, 15) is 0 Å². The first-order valence-corrected chi connectivity index (χ1v) is 5.83. The minimum atomic E-state index is 1.06. The fourth-order valence-electron chi connectivity index (χ4n) is 1.47. The highest BCUT2D eigenvalue weighted by atomic mass is 127. The molecule has 0 aliphatic heterocycles. The van der Waals surface area contributed by atoms with Crippen LogP contribution in [-0.2, 0) is 6.42 Å². The molecule has 0 saturated carbocycles. The number of alkyl halides is 1. The van der Waals surface area contributed by atoms with Crippen molar-refractivity contribution in [1.29, 1.82) is 0 Å². The maximum atomic E-state index is 4.39. The van der Waals surface area contributed by atoms with Crippen LogP contribution in [0.15, 0.2) is 36.5 Å². The molecule has 0 saturated heterocycles. The monoisotopic (exact) mass is 283 g/mol. The predicted octanol–water partition coefficient (Wildman–Crippen LogP) is 3.21. The summed E-state index contributed by atoms with van der Waals surface area (Å²) >= 11 is 2.38. The molecule has 1 nitrogen and oxygen atoms in total. The van der Waals surface area contributed by atoms with Gasteiger partial charge in [0.25, 0.3) is 0 Å². The van der Waals surface area contributed by atoms with Gasteiger partial charge in [-0.05, 0) is 17.9 Å². The third-order valence-corrected chi connectivity index (χ3v) is 2.63. The molecule has 0 aliphatic carbocycles. The minimum Gasteiger partial charge on any atom is -0.261 e. The first kappa shape index (κ1) is 8.94. The zero-order valence-corrected chi connectivity index (χ0v) is 9.36. The molecule has 1 aromatic carbocycles. The summed E-state index contributed by atoms with van der Waals surface area (Å²) in [5, 5.41) is 2.58. The van der Waals surface area contributed by atoms with Crippen molar-refractivity contribution in [3.8, 4) is 0 Å². The Balaban J connectivity index is 2.61. The van der Waals surface area contributed by atoms with Crippen molar-refractivity contribution in [2.24, 2.45) is 0 Å². The fraction of sp³-hybridized carbons (Fsp3) is 0.182. The summed E-state index contributed by atoms with van der Waals surface area (Å²) in [5.74, 6) is 0. The van der Waals surface area contributed by atoms with Gasteiger partial charge in [0.2, 0.25) is 0 Å². The normalized spacial score (nSPS) is 10.5. The molecule has 2 heteroatoms. The number of rotatable bonds is 2. The van der Waals surface area contributed by atoms with Crippen molar-refractivity contribution in [2.75, 3.05) is 4.43 Å². The number of benzene rings is 1. The lowest BCUT2D eigenvalue weighted by Gasteiger charge is -2.02. The van der Waals surface area contributed by atoms with Crippen molar-refractivity contribution in [1.82, 2.24) is 4.98 Å². The molecule has 1 aromatic heterocycles. The van der Waals surface area contributed by atoms with Gasteiger partial charge in [0.15, 0.2) is 0 Å². The average Bonchev–Trinajstić information content (AvgIpc) is 2.19. The van der Waals surface area contributed by atoms with E-state index in [1.165, 1.54) is 16.5 Å². The molecule has 0 spiro atoms. The maximum Gasteiger partial charge on any atom is 0.0489 e. The number of nitrogens with zero attached hydrogens (tertiary/aromatic N) is 1. The first-order chi connectivity index (χ1) is 6.42. The van der Waals surface area contributed by atoms with Crippen molar-refractivity contribution >= 4 is 33.4 Å². The van der Waals surface area contributed by atoms with Gasteiger partial charge >= 0.3 is 0 Å². The lowest BCUT2D eigenvalue weighted by Crippen LogP contribution is -1.91. The van der Waals surface area contributed by atoms with Gasteiger partial charge < -0.3 is 0 Å². The highest BCUT2D eigenvalue weighted by Gasteiger charge is 1.99. The predicted molar refractivity (Wildman–Crippen MR) is 64.3 cm³/mol. The van der Waals surface area contributed by atoms with Crippen LogP contribution in [0.4, 0.5) is 0 Å². The highest BCUT2D eigenvalue weighted by molar-refractivity contribution is 14.1. The van der Waals surface area contributed by atoms with Gasteiger partial charge in [-0.3, -0.25) is 4.98 Å². The second-order valence-electron chi connectivity index (χ2n) is 2.92. The maximum absolute atomic E-state index is 4.39. The number of hydrogen-bond donors (Lipinski definition) is 0. The number of halogens is 1. The Morgan fingerprint density at radius 3 is 2.85 bits per heavy atom. The molecular weight excluding hydrogens is 273 g/mol. The summed E-state index contributed by atoms with van der Waals surface area (Å²) in [7, 11) is 0. The van der Waals surface area contributed by atoms with Crippen molar-refractivity contribution < 1.29 is 0 Å². The SMILES string of the molecule is ICCc1nccc2ccccc12. The molecule has 0 unspecified atom stereocenters. The fourth-order valence-corrected chi connectivity index (χ4v) is 1.98. The van der Waals surface area contributed by atoms with Crippen LogP contribution in [-0.4, -0.2) is 9.41 Å². The number of hydrogen-bond acceptors (Lipinski definition) is 1. The first-order valence-electron chi connectivity index (χ1n) is 4.30. The smallest absolute Gasteiger partial charge is 0.0489 e. The second kappa shape index (κ2) is 4.05. The van der Waals surface area contributed by atoms with Gasteiger partial charge in [0.05, 0.1) is 0 Å². The third kappa shape index (κ3) is 1.82. The minimum absolute atomic E-state index is 1.06. The molecule has 0 radical (unpaired) electrons. The topological polar surface area (TPSA) is 12.9 Å². The van der Waals surface area contributed by atoms with Gasteiger partial charge in [0.1, 0.15) is 0 Å². The second-order valence-corrected chi connectivity index (χ2v) is 4.00. The van der Waals surface area contributed by atoms with Gasteiger partial charge in [-0.1, -0.05) is 46.9 Å². The van der Waals surface area contributed by atoms with E-state index in [0.29, 0.717) is 0 Å². The molecule has 66 valence electrons. The van der Waals surface area contributed by atoms with Crippen molar-refractivity contribution in [2.45, 2.75) is 6.42 Å². The highest BCUT2D eigenvalue weighted by Crippen LogP contribution is 2.16. The van der Waals surface area contributed by atoms with Crippen LogP contribution >= 0.6 is 22.6 Å². The van der Waals surface area contributed by atoms with E-state index in [4.69, 9.17) is 0 Å². The zero-order valence-electron chi connectivity index (χ0n) is 7.20. The number of aryl methyl sites for hydroxylation is 1. The van der Waals surface area contributed by atoms with Crippen LogP contribution in [0.3, 0.4) is 0 Å². The van der Waals surface area contributed by atoms with Crippen LogP contribution in [0.2, 0.25) is 0 Å². The molecular formula is C11H10IN. The Hall–Kier alpha value is -0.640. The zero-order chi connectivity index (χ0) is 9.10. The van der Waals surface area contributed by atoms with Crippen LogP contribution in [0, 0.1) is 0 Å². The molecule has 0 N–H and O–H groups in total. The Morgan fingerprint density at radius 2 is 2.00 bits per heavy atom. The quantitative estimate of drug-likeness (QED) is 0.609. The summed E-state index contributed by atoms with van der Waals surface area (Å²) < 4.78 is 1.12. The van der Waals surface area contributed by atoms with E-state index in [-0.39, 0.29) is 0 Å². The van der Waals surface area contributed by atoms with Gasteiger partial charge in [-0.15, -0.1) is 0 Å². The number of fused-ring (bicyclic) bond motifs is 1. The van der Waals surface area contributed by atoms with Crippen molar-refractivity contribution in [3.63, 3.8) is 0 Å². The molecule has 2 aromatic rings. The van der Waals surface area contributed by atoms with Gasteiger partial charge in [-0.25, -0.2) is 0 Å². The Morgan fingerprint density at radius 1 is 1.15 bits per heavy atom. The van der Waals surface area contributed by atoms with E-state index < -0.39 is 0 Å². The number of aromatic nitrogens is 1. The molecule has 0 fully saturated rings. The van der Waals surface area contributed by atoms with E-state index in [2.05, 4.69) is 57.9 Å². The molecule has 0 amide bonds. The lowest BCUT2D eigenvalue weighted by atomic mass is 10.1. The summed E-state index contributed by atoms with van der Waals surface area (Å²) in [5.41, 5.74) is 1.22. The number of pyridine rings is 1. The van der Waals surface area contributed by atoms with Crippen LogP contribution in [0.25, 0.3) is 10.8 Å². The van der Waals surface area contributed by atoms with E-state index in [1.807, 2.05) is 6.20 Å².